The molecule has 14 heteroatoms. The summed E-state index contributed by atoms with van der Waals surface area (Å²) in [6.07, 6.45) is -3.76. The van der Waals surface area contributed by atoms with Crippen LogP contribution < -0.4 is 10.6 Å². The maximum Gasteiger partial charge on any atom is 0.405 e. The summed E-state index contributed by atoms with van der Waals surface area (Å²) in [6.45, 7) is -0.979. The van der Waals surface area contributed by atoms with Crippen LogP contribution in [0.15, 0.2) is 36.4 Å². The summed E-state index contributed by atoms with van der Waals surface area (Å²) in [5.74, 6) is -8.24. The molecule has 1 fully saturated rings. The fraction of sp³-hybridized carbons (Fsp3) is 0.333. The molecule has 0 spiro atoms. The maximum atomic E-state index is 15.1. The molecule has 0 aromatic heterocycles. The van der Waals surface area contributed by atoms with E-state index in [0.717, 1.165) is 30.3 Å². The normalized spacial score (nSPS) is 16.1. The van der Waals surface area contributed by atoms with E-state index < -0.39 is 47.7 Å². The van der Waals surface area contributed by atoms with Crippen LogP contribution in [0.4, 0.5) is 26.3 Å². The molecule has 1 saturated carbocycles. The van der Waals surface area contributed by atoms with E-state index in [1.165, 1.54) is 0 Å². The van der Waals surface area contributed by atoms with Gasteiger partial charge in [-0.05, 0) is 48.7 Å². The minimum atomic E-state index is -4.63. The van der Waals surface area contributed by atoms with E-state index in [-0.39, 0.29) is 49.6 Å². The Labute approximate surface area is 233 Å². The van der Waals surface area contributed by atoms with Gasteiger partial charge in [-0.2, -0.15) is 13.2 Å². The van der Waals surface area contributed by atoms with Crippen molar-refractivity contribution < 1.29 is 35.9 Å². The van der Waals surface area contributed by atoms with Crippen molar-refractivity contribution >= 4 is 64.0 Å². The molecule has 0 radical (unpaired) electrons. The molecule has 1 unspecified atom stereocenters. The molecule has 3 rings (SSSR count). The fourth-order valence-electron chi connectivity index (χ4n) is 3.55. The van der Waals surface area contributed by atoms with Crippen LogP contribution in [0.25, 0.3) is 5.83 Å². The van der Waals surface area contributed by atoms with Crippen LogP contribution in [0.3, 0.4) is 0 Å². The summed E-state index contributed by atoms with van der Waals surface area (Å²) in [7, 11) is 0. The zero-order chi connectivity index (χ0) is 28.6. The average Bonchev–Trinajstić information content (AvgIpc) is 3.58. The highest BCUT2D eigenvalue weighted by Gasteiger charge is 2.52. The van der Waals surface area contributed by atoms with Gasteiger partial charge in [-0.25, -0.2) is 13.2 Å². The lowest BCUT2D eigenvalue weighted by Gasteiger charge is -2.22. The first-order valence-electron chi connectivity index (χ1n) is 10.8. The topological polar surface area (TPSA) is 58.2 Å². The average molecular weight is 622 g/mol. The number of alkyl halides is 5. The number of hydrogen-bond acceptors (Lipinski definition) is 2. The van der Waals surface area contributed by atoms with Gasteiger partial charge in [0.1, 0.15) is 17.9 Å². The quantitative estimate of drug-likeness (QED) is 0.232. The third-order valence-corrected chi connectivity index (χ3v) is 7.21. The molecule has 2 N–H and O–H groups in total. The molecule has 38 heavy (non-hydrogen) atoms. The second-order valence-electron chi connectivity index (χ2n) is 8.78. The number of carbonyl (C=O) groups is 2. The molecule has 206 valence electrons. The highest BCUT2D eigenvalue weighted by Crippen LogP contribution is 2.42. The highest BCUT2D eigenvalue weighted by atomic mass is 35.5. The smallest absolute Gasteiger partial charge is 0.345 e. The monoisotopic (exact) mass is 620 g/mol. The van der Waals surface area contributed by atoms with E-state index in [0.29, 0.717) is 13.0 Å². The van der Waals surface area contributed by atoms with Crippen LogP contribution in [0, 0.1) is 0 Å². The lowest BCUT2D eigenvalue weighted by molar-refractivity contribution is -0.140. The Morgan fingerprint density at radius 1 is 1.00 bits per heavy atom. The van der Waals surface area contributed by atoms with Crippen molar-refractivity contribution in [3.8, 4) is 0 Å². The Bertz CT molecular complexity index is 1270. The van der Waals surface area contributed by atoms with Gasteiger partial charge in [0.25, 0.3) is 11.8 Å². The Morgan fingerprint density at radius 2 is 1.58 bits per heavy atom. The molecule has 1 atom stereocenters. The Morgan fingerprint density at radius 3 is 2.05 bits per heavy atom. The van der Waals surface area contributed by atoms with Gasteiger partial charge in [-0.1, -0.05) is 52.5 Å². The summed E-state index contributed by atoms with van der Waals surface area (Å²) in [5.41, 5.74) is -2.06. The number of carbonyl (C=O) groups excluding carboxylic acids is 2. The summed E-state index contributed by atoms with van der Waals surface area (Å²) in [6, 6.07) is 5.49. The summed E-state index contributed by atoms with van der Waals surface area (Å²) in [4.78, 5) is 24.8. The minimum Gasteiger partial charge on any atom is -0.345 e. The number of halogens is 10. The highest BCUT2D eigenvalue weighted by molar-refractivity contribution is 6.48. The second-order valence-corrected chi connectivity index (χ2v) is 10.4. The molecule has 0 bridgehead atoms. The van der Waals surface area contributed by atoms with Crippen LogP contribution in [0.1, 0.15) is 47.2 Å². The number of nitrogens with one attached hydrogen (secondary N) is 2. The van der Waals surface area contributed by atoms with Crippen molar-refractivity contribution in [2.24, 2.45) is 0 Å². The van der Waals surface area contributed by atoms with E-state index in [4.69, 9.17) is 46.4 Å². The van der Waals surface area contributed by atoms with Gasteiger partial charge >= 0.3 is 6.18 Å². The van der Waals surface area contributed by atoms with Gasteiger partial charge in [0.15, 0.2) is 0 Å². The van der Waals surface area contributed by atoms with Crippen LogP contribution in [0.5, 0.6) is 0 Å². The molecule has 4 nitrogen and oxygen atoms in total. The van der Waals surface area contributed by atoms with Crippen molar-refractivity contribution in [2.45, 2.75) is 43.3 Å². The van der Waals surface area contributed by atoms with E-state index >= 15 is 4.39 Å². The molecule has 1 aliphatic carbocycles. The van der Waals surface area contributed by atoms with Crippen LogP contribution in [-0.4, -0.2) is 36.0 Å². The van der Waals surface area contributed by atoms with Crippen molar-refractivity contribution in [3.05, 3.63) is 73.2 Å². The van der Waals surface area contributed by atoms with E-state index in [9.17, 15) is 31.5 Å². The number of benzene rings is 2. The molecule has 2 aromatic carbocycles. The van der Waals surface area contributed by atoms with E-state index in [1.54, 1.807) is 5.32 Å². The third-order valence-electron chi connectivity index (χ3n) is 5.70. The molecule has 1 aliphatic rings. The lowest BCUT2D eigenvalue weighted by atomic mass is 9.92. The number of allylic oxidation sites excluding steroid dienone is 1. The molecule has 2 amide bonds. The van der Waals surface area contributed by atoms with Crippen LogP contribution in [-0.2, 0) is 4.79 Å². The molecule has 0 heterocycles. The Balaban J connectivity index is 1.82. The van der Waals surface area contributed by atoms with Gasteiger partial charge < -0.3 is 10.6 Å². The SMILES string of the molecule is CC(F)(F)C(C=C(F)c1ccc(C(=O)NC2(C(=O)NCC(F)(F)F)CC2)c(Cl)c1)c1cc(Cl)c(Cl)c(Cl)c1. The first kappa shape index (κ1) is 30.4. The first-order chi connectivity index (χ1) is 17.4. The standard InChI is InChI=1S/C24H18Cl4F6N2O2/c1-22(30,31)14(12-7-16(26)19(28)17(27)8-12)9-18(29)11-2-3-13(15(25)6-11)20(37)36-23(4-5-23)21(38)35-10-24(32,33)34/h2-3,6-9,14H,4-5,10H2,1H3,(H,35,38)(H,36,37). The number of rotatable bonds is 8. The molecule has 0 saturated heterocycles. The van der Waals surface area contributed by atoms with E-state index in [1.807, 2.05) is 0 Å². The third kappa shape index (κ3) is 7.28. The van der Waals surface area contributed by atoms with Crippen LogP contribution >= 0.6 is 46.4 Å². The zero-order valence-electron chi connectivity index (χ0n) is 19.3. The minimum absolute atomic E-state index is 0.0498. The number of hydrogen-bond donors (Lipinski definition) is 2. The molecule has 2 aromatic rings. The van der Waals surface area contributed by atoms with Crippen molar-refractivity contribution in [1.29, 1.82) is 0 Å². The maximum absolute atomic E-state index is 15.1. The second kappa shape index (κ2) is 11.2. The number of amides is 2. The fourth-order valence-corrected chi connectivity index (χ4v) is 4.43. The van der Waals surface area contributed by atoms with Crippen LogP contribution in [0.2, 0.25) is 20.1 Å². The predicted molar refractivity (Wildman–Crippen MR) is 134 cm³/mol. The Kier molecular flexibility index (Phi) is 8.92. The van der Waals surface area contributed by atoms with Gasteiger partial charge in [0.05, 0.1) is 31.6 Å². The zero-order valence-corrected chi connectivity index (χ0v) is 22.3. The Hall–Kier alpha value is -2.14. The van der Waals surface area contributed by atoms with Crippen molar-refractivity contribution in [1.82, 2.24) is 10.6 Å². The van der Waals surface area contributed by atoms with Gasteiger partial charge in [-0.15, -0.1) is 0 Å². The van der Waals surface area contributed by atoms with E-state index in [2.05, 4.69) is 5.32 Å². The molecular weight excluding hydrogens is 604 g/mol. The first-order valence-corrected chi connectivity index (χ1v) is 12.3. The summed E-state index contributed by atoms with van der Waals surface area (Å²) < 4.78 is 81.1. The molecule has 0 aliphatic heterocycles. The van der Waals surface area contributed by atoms with Crippen molar-refractivity contribution in [3.63, 3.8) is 0 Å². The summed E-state index contributed by atoms with van der Waals surface area (Å²) >= 11 is 23.9. The predicted octanol–water partition coefficient (Wildman–Crippen LogP) is 7.99. The van der Waals surface area contributed by atoms with Gasteiger partial charge in [-0.3, -0.25) is 9.59 Å². The van der Waals surface area contributed by atoms with Crippen molar-refractivity contribution in [2.75, 3.05) is 6.54 Å². The van der Waals surface area contributed by atoms with Gasteiger partial charge in [0, 0.05) is 12.5 Å². The largest absolute Gasteiger partial charge is 0.405 e. The molecular formula is C24H18Cl4F6N2O2. The summed E-state index contributed by atoms with van der Waals surface area (Å²) in [5, 5.41) is 3.54. The van der Waals surface area contributed by atoms with Gasteiger partial charge in [0.2, 0.25) is 5.91 Å². The lowest BCUT2D eigenvalue weighted by Crippen LogP contribution is -2.50.